The van der Waals surface area contributed by atoms with Crippen LogP contribution in [0.5, 0.6) is 5.75 Å². The molecule has 0 bridgehead atoms. The van der Waals surface area contributed by atoms with Crippen molar-refractivity contribution in [3.63, 3.8) is 0 Å². The van der Waals surface area contributed by atoms with Crippen LogP contribution in [0.4, 0.5) is 61.5 Å². The topological polar surface area (TPSA) is 69.7 Å². The molecule has 0 heterocycles. The van der Waals surface area contributed by atoms with Gasteiger partial charge in [0.15, 0.2) is 0 Å². The van der Waals surface area contributed by atoms with Gasteiger partial charge in [-0.15, -0.1) is 0 Å². The third-order valence-electron chi connectivity index (χ3n) is 3.81. The molecular formula is C16H6F14O5. The summed E-state index contributed by atoms with van der Waals surface area (Å²) < 4.78 is 184. The van der Waals surface area contributed by atoms with Gasteiger partial charge in [-0.05, 0) is 30.7 Å². The van der Waals surface area contributed by atoms with E-state index in [0.717, 1.165) is 0 Å². The van der Waals surface area contributed by atoms with Crippen molar-refractivity contribution in [2.45, 2.75) is 43.0 Å². The predicted octanol–water partition coefficient (Wildman–Crippen LogP) is 5.25. The quantitative estimate of drug-likeness (QED) is 0.212. The highest BCUT2D eigenvalue weighted by Gasteiger charge is 2.78. The van der Waals surface area contributed by atoms with Gasteiger partial charge in [-0.25, -0.2) is 14.4 Å². The maximum atomic E-state index is 13.3. The van der Waals surface area contributed by atoms with E-state index in [0.29, 0.717) is 6.92 Å². The molecule has 198 valence electrons. The van der Waals surface area contributed by atoms with Crippen molar-refractivity contribution in [2.24, 2.45) is 0 Å². The van der Waals surface area contributed by atoms with E-state index in [1.165, 1.54) is 0 Å². The summed E-state index contributed by atoms with van der Waals surface area (Å²) in [7, 11) is 0. The highest BCUT2D eigenvalue weighted by Crippen LogP contribution is 2.48. The molecule has 0 fully saturated rings. The molecule has 0 aromatic heterocycles. The Kier molecular flexibility index (Phi) is 7.52. The van der Waals surface area contributed by atoms with E-state index in [4.69, 9.17) is 0 Å². The van der Waals surface area contributed by atoms with Crippen LogP contribution in [0, 0.1) is 6.92 Å². The molecule has 19 heteroatoms. The van der Waals surface area contributed by atoms with Gasteiger partial charge in [0.05, 0.1) is 5.56 Å². The second-order valence-electron chi connectivity index (χ2n) is 6.34. The van der Waals surface area contributed by atoms with Crippen LogP contribution in [0.1, 0.15) is 15.9 Å². The number of hydrogen-bond donors (Lipinski definition) is 0. The summed E-state index contributed by atoms with van der Waals surface area (Å²) in [5.74, 6) is -37.5. The van der Waals surface area contributed by atoms with Crippen molar-refractivity contribution in [2.75, 3.05) is 0 Å². The van der Waals surface area contributed by atoms with Gasteiger partial charge in [0.25, 0.3) is 0 Å². The summed E-state index contributed by atoms with van der Waals surface area (Å²) in [5, 5.41) is 0. The lowest BCUT2D eigenvalue weighted by Gasteiger charge is -2.26. The fourth-order valence-corrected chi connectivity index (χ4v) is 1.87. The molecule has 0 unspecified atom stereocenters. The molecule has 1 aromatic carbocycles. The molecule has 0 amide bonds. The summed E-state index contributed by atoms with van der Waals surface area (Å²) in [6, 6.07) is 0.697. The molecule has 1 rings (SSSR count). The molecule has 0 N–H and O–H groups in total. The van der Waals surface area contributed by atoms with Gasteiger partial charge >= 0.3 is 54.0 Å². The van der Waals surface area contributed by atoms with E-state index in [1.54, 1.807) is 0 Å². The zero-order valence-electron chi connectivity index (χ0n) is 16.1. The van der Waals surface area contributed by atoms with Crippen molar-refractivity contribution in [1.29, 1.82) is 0 Å². The molecule has 1 aromatic rings. The number of esters is 3. The average Bonchev–Trinajstić information content (AvgIpc) is 2.66. The van der Waals surface area contributed by atoms with E-state index in [2.05, 4.69) is 9.47 Å². The number of hydrogen-bond acceptors (Lipinski definition) is 5. The fourth-order valence-electron chi connectivity index (χ4n) is 1.87. The second-order valence-corrected chi connectivity index (χ2v) is 6.34. The largest absolute Gasteiger partial charge is 0.460 e. The lowest BCUT2D eigenvalue weighted by Crippen LogP contribution is -2.57. The number of ether oxygens (including phenoxy) is 2. The number of benzene rings is 1. The van der Waals surface area contributed by atoms with Crippen LogP contribution in [0.2, 0.25) is 0 Å². The van der Waals surface area contributed by atoms with E-state index >= 15 is 0 Å². The van der Waals surface area contributed by atoms with Crippen LogP contribution in [0.25, 0.3) is 0 Å². The first-order valence-corrected chi connectivity index (χ1v) is 8.06. The molecule has 0 radical (unpaired) electrons. The van der Waals surface area contributed by atoms with Crippen LogP contribution in [-0.4, -0.2) is 54.0 Å². The number of aryl methyl sites for hydroxylation is 1. The van der Waals surface area contributed by atoms with Crippen molar-refractivity contribution in [3.05, 3.63) is 29.3 Å². The van der Waals surface area contributed by atoms with Gasteiger partial charge in [0, 0.05) is 0 Å². The lowest BCUT2D eigenvalue weighted by molar-refractivity contribution is -0.347. The highest BCUT2D eigenvalue weighted by atomic mass is 19.4. The SMILES string of the molecule is Cc1cc(C(=O)OC(=O)C(F)(F)C(F)(F)C(F)(F)F)ccc1OC(=O)C(F)(F)C(F)(F)C(F)(F)F. The van der Waals surface area contributed by atoms with Crippen molar-refractivity contribution in [3.8, 4) is 5.75 Å². The van der Waals surface area contributed by atoms with Crippen LogP contribution in [0.15, 0.2) is 18.2 Å². The summed E-state index contributed by atoms with van der Waals surface area (Å²) in [5.41, 5.74) is -1.91. The molecule has 0 spiro atoms. The minimum atomic E-state index is -6.98. The number of carbonyl (C=O) groups excluding carboxylic acids is 3. The Balaban J connectivity index is 3.11. The Bertz CT molecular complexity index is 1010. The summed E-state index contributed by atoms with van der Waals surface area (Å²) >= 11 is 0. The summed E-state index contributed by atoms with van der Waals surface area (Å²) in [6.45, 7) is 0.688. The Morgan fingerprint density at radius 2 is 1.06 bits per heavy atom. The summed E-state index contributed by atoms with van der Waals surface area (Å²) in [6.07, 6.45) is -13.8. The van der Waals surface area contributed by atoms with Crippen molar-refractivity contribution < 1.29 is 85.3 Å². The van der Waals surface area contributed by atoms with E-state index in [-0.39, 0.29) is 18.2 Å². The molecular weight excluding hydrogens is 538 g/mol. The first-order chi connectivity index (χ1) is 15.3. The number of carbonyl (C=O) groups is 3. The molecule has 0 aliphatic carbocycles. The monoisotopic (exact) mass is 544 g/mol. The Morgan fingerprint density at radius 3 is 1.43 bits per heavy atom. The zero-order chi connectivity index (χ0) is 28.0. The fraction of sp³-hybridized carbons (Fsp3) is 0.438. The Labute approximate surface area is 182 Å². The molecule has 5 nitrogen and oxygen atoms in total. The third kappa shape index (κ3) is 5.26. The maximum Gasteiger partial charge on any atom is 0.460 e. The van der Waals surface area contributed by atoms with Crippen LogP contribution in [-0.2, 0) is 14.3 Å². The molecule has 0 saturated heterocycles. The van der Waals surface area contributed by atoms with Gasteiger partial charge in [0.1, 0.15) is 5.75 Å². The number of halogens is 14. The van der Waals surface area contributed by atoms with Crippen LogP contribution < -0.4 is 4.74 Å². The minimum absolute atomic E-state index is 0.207. The molecule has 0 atom stereocenters. The van der Waals surface area contributed by atoms with Gasteiger partial charge < -0.3 is 9.47 Å². The molecule has 0 aliphatic rings. The highest BCUT2D eigenvalue weighted by molar-refractivity contribution is 5.99. The third-order valence-corrected chi connectivity index (χ3v) is 3.81. The Hall–Kier alpha value is -3.15. The molecule has 35 heavy (non-hydrogen) atoms. The second kappa shape index (κ2) is 8.81. The first-order valence-electron chi connectivity index (χ1n) is 8.06. The molecule has 0 saturated carbocycles. The van der Waals surface area contributed by atoms with Gasteiger partial charge in [-0.2, -0.15) is 61.5 Å². The average molecular weight is 544 g/mol. The van der Waals surface area contributed by atoms with Crippen molar-refractivity contribution in [1.82, 2.24) is 0 Å². The Morgan fingerprint density at radius 1 is 0.657 bits per heavy atom. The van der Waals surface area contributed by atoms with E-state index in [9.17, 15) is 75.8 Å². The van der Waals surface area contributed by atoms with Crippen LogP contribution >= 0.6 is 0 Å². The smallest absolute Gasteiger partial charge is 0.422 e. The lowest BCUT2D eigenvalue weighted by atomic mass is 10.1. The number of alkyl halides is 14. The van der Waals surface area contributed by atoms with Gasteiger partial charge in [-0.3, -0.25) is 0 Å². The van der Waals surface area contributed by atoms with Gasteiger partial charge in [0.2, 0.25) is 0 Å². The maximum absolute atomic E-state index is 13.3. The zero-order valence-corrected chi connectivity index (χ0v) is 16.1. The van der Waals surface area contributed by atoms with E-state index < -0.39 is 70.8 Å². The van der Waals surface area contributed by atoms with E-state index in [1.807, 2.05) is 0 Å². The minimum Gasteiger partial charge on any atom is -0.422 e. The predicted molar refractivity (Wildman–Crippen MR) is 79.1 cm³/mol. The van der Waals surface area contributed by atoms with Gasteiger partial charge in [-0.1, -0.05) is 0 Å². The van der Waals surface area contributed by atoms with Crippen molar-refractivity contribution >= 4 is 17.9 Å². The molecule has 0 aliphatic heterocycles. The number of rotatable bonds is 6. The normalized spacial score (nSPS) is 13.9. The summed E-state index contributed by atoms with van der Waals surface area (Å²) in [4.78, 5) is 33.8. The van der Waals surface area contributed by atoms with Crippen LogP contribution in [0.3, 0.4) is 0 Å². The first kappa shape index (κ1) is 29.9. The standard InChI is InChI=1S/C16H6F14O5/c1-5-4-6(8(31)35-10(33)12(19,20)14(23,24)16(28,29)30)2-3-7(5)34-9(32)11(17,18)13(21,22)15(25,26)27/h2-4H,1H3.